The number of hydrogen-bond donors (Lipinski definition) is 2. The molecule has 0 aliphatic heterocycles. The predicted octanol–water partition coefficient (Wildman–Crippen LogP) is 3.11. The third kappa shape index (κ3) is 5.81. The highest BCUT2D eigenvalue weighted by Crippen LogP contribution is 2.18. The zero-order chi connectivity index (χ0) is 24.8. The van der Waals surface area contributed by atoms with Crippen molar-refractivity contribution in [1.82, 2.24) is 14.5 Å². The number of aromatic nitrogens is 2. The molecule has 180 valence electrons. The lowest BCUT2D eigenvalue weighted by Gasteiger charge is -2.15. The molecule has 0 aliphatic rings. The summed E-state index contributed by atoms with van der Waals surface area (Å²) in [5, 5.41) is 6.08. The fraction of sp³-hybridized carbons (Fsp3) is 0.385. The molecule has 8 heteroatoms. The van der Waals surface area contributed by atoms with E-state index in [4.69, 9.17) is 0 Å². The minimum atomic E-state index is -0.536. The van der Waals surface area contributed by atoms with E-state index in [9.17, 15) is 19.2 Å². The molecule has 34 heavy (non-hydrogen) atoms. The summed E-state index contributed by atoms with van der Waals surface area (Å²) in [5.41, 5.74) is 2.19. The van der Waals surface area contributed by atoms with E-state index < -0.39 is 11.2 Å². The molecule has 0 radical (unpaired) electrons. The highest BCUT2D eigenvalue weighted by atomic mass is 16.2. The molecule has 0 fully saturated rings. The van der Waals surface area contributed by atoms with Crippen molar-refractivity contribution in [3.63, 3.8) is 0 Å². The van der Waals surface area contributed by atoms with Crippen molar-refractivity contribution >= 4 is 28.4 Å². The van der Waals surface area contributed by atoms with Gasteiger partial charge in [0.05, 0.1) is 10.9 Å². The summed E-state index contributed by atoms with van der Waals surface area (Å²) < 4.78 is 2.50. The number of nitrogens with one attached hydrogen (secondary N) is 2. The number of amides is 2. The van der Waals surface area contributed by atoms with Gasteiger partial charge in [0.15, 0.2) is 0 Å². The summed E-state index contributed by atoms with van der Waals surface area (Å²) >= 11 is 0. The van der Waals surface area contributed by atoms with Crippen LogP contribution in [0.5, 0.6) is 0 Å². The molecule has 2 aromatic carbocycles. The van der Waals surface area contributed by atoms with Crippen LogP contribution in [0.2, 0.25) is 0 Å². The number of benzene rings is 2. The van der Waals surface area contributed by atoms with E-state index in [2.05, 4.69) is 10.6 Å². The number of unbranched alkanes of at least 4 members (excludes halogenated alkanes) is 1. The molecular weight excluding hydrogens is 432 g/mol. The van der Waals surface area contributed by atoms with Crippen LogP contribution in [0.4, 0.5) is 5.69 Å². The van der Waals surface area contributed by atoms with Gasteiger partial charge < -0.3 is 10.6 Å². The van der Waals surface area contributed by atoms with Crippen LogP contribution in [-0.4, -0.2) is 27.0 Å². The maximum atomic E-state index is 13.3. The van der Waals surface area contributed by atoms with Crippen molar-refractivity contribution < 1.29 is 9.59 Å². The summed E-state index contributed by atoms with van der Waals surface area (Å²) in [6.07, 6.45) is 1.37. The Balaban J connectivity index is 1.84. The number of carbonyl (C=O) groups excluding carboxylic acids is 2. The lowest BCUT2D eigenvalue weighted by molar-refractivity contribution is -0.121. The van der Waals surface area contributed by atoms with Crippen LogP contribution in [0, 0.1) is 13.8 Å². The summed E-state index contributed by atoms with van der Waals surface area (Å²) in [5.74, 6) is -0.405. The fourth-order valence-corrected chi connectivity index (χ4v) is 3.89. The van der Waals surface area contributed by atoms with Crippen LogP contribution in [0.25, 0.3) is 10.9 Å². The van der Waals surface area contributed by atoms with Crippen LogP contribution in [-0.2, 0) is 22.7 Å². The van der Waals surface area contributed by atoms with E-state index >= 15 is 0 Å². The first kappa shape index (κ1) is 25.0. The number of nitrogens with zero attached hydrogens (tertiary/aromatic N) is 2. The highest BCUT2D eigenvalue weighted by molar-refractivity contribution is 5.92. The van der Waals surface area contributed by atoms with Crippen molar-refractivity contribution in [2.24, 2.45) is 0 Å². The van der Waals surface area contributed by atoms with E-state index in [1.165, 1.54) is 4.57 Å². The minimum Gasteiger partial charge on any atom is -0.354 e. The zero-order valence-corrected chi connectivity index (χ0v) is 20.2. The van der Waals surface area contributed by atoms with Crippen LogP contribution in [0.15, 0.2) is 52.1 Å². The molecule has 0 atom stereocenters. The Morgan fingerprint density at radius 1 is 0.912 bits per heavy atom. The molecular formula is C26H32N4O4. The normalized spacial score (nSPS) is 11.1. The maximum Gasteiger partial charge on any atom is 0.331 e. The Morgan fingerprint density at radius 3 is 2.38 bits per heavy atom. The van der Waals surface area contributed by atoms with Gasteiger partial charge in [-0.15, -0.1) is 0 Å². The molecule has 2 N–H and O–H groups in total. The maximum absolute atomic E-state index is 13.3. The van der Waals surface area contributed by atoms with E-state index in [0.717, 1.165) is 15.7 Å². The Bertz CT molecular complexity index is 1320. The predicted molar refractivity (Wildman–Crippen MR) is 134 cm³/mol. The molecule has 0 saturated carbocycles. The molecule has 3 rings (SSSR count). The van der Waals surface area contributed by atoms with Gasteiger partial charge in [0.2, 0.25) is 11.8 Å². The van der Waals surface area contributed by atoms with Crippen LogP contribution in [0.1, 0.15) is 44.2 Å². The molecule has 2 amide bonds. The van der Waals surface area contributed by atoms with Gasteiger partial charge in [-0.1, -0.05) is 24.3 Å². The van der Waals surface area contributed by atoms with Gasteiger partial charge in [0, 0.05) is 24.7 Å². The molecule has 1 aromatic heterocycles. The quantitative estimate of drug-likeness (QED) is 0.475. The summed E-state index contributed by atoms with van der Waals surface area (Å²) in [6.45, 7) is 7.64. The largest absolute Gasteiger partial charge is 0.354 e. The van der Waals surface area contributed by atoms with E-state index in [-0.39, 0.29) is 30.9 Å². The average molecular weight is 465 g/mol. The molecule has 0 aliphatic carbocycles. The smallest absolute Gasteiger partial charge is 0.331 e. The summed E-state index contributed by atoms with van der Waals surface area (Å²) in [4.78, 5) is 51.0. The van der Waals surface area contributed by atoms with Gasteiger partial charge >= 0.3 is 5.69 Å². The molecule has 0 spiro atoms. The molecule has 8 nitrogen and oxygen atoms in total. The number of para-hydroxylation sites is 1. The Hall–Kier alpha value is -3.68. The second kappa shape index (κ2) is 11.0. The monoisotopic (exact) mass is 464 g/mol. The standard InChI is InChI=1S/C26H32N4O4/c1-17(2)27-23(31)14-7-8-15-29-25(33)20-11-5-6-13-22(20)30(26(29)34)16-24(32)28-21-12-9-10-18(3)19(21)4/h5-6,9-13,17H,7-8,14-16H2,1-4H3,(H,27,31)(H,28,32). The topological polar surface area (TPSA) is 102 Å². The highest BCUT2D eigenvalue weighted by Gasteiger charge is 2.16. The number of anilines is 1. The van der Waals surface area contributed by atoms with Crippen molar-refractivity contribution in [3.8, 4) is 0 Å². The van der Waals surface area contributed by atoms with E-state index in [1.54, 1.807) is 24.3 Å². The Morgan fingerprint density at radius 2 is 1.65 bits per heavy atom. The number of aryl methyl sites for hydroxylation is 1. The van der Waals surface area contributed by atoms with Crippen molar-refractivity contribution in [2.45, 2.75) is 66.1 Å². The molecule has 0 unspecified atom stereocenters. The molecule has 0 bridgehead atoms. The van der Waals surface area contributed by atoms with Gasteiger partial charge in [-0.3, -0.25) is 23.5 Å². The lowest BCUT2D eigenvalue weighted by Crippen LogP contribution is -2.41. The first-order valence-electron chi connectivity index (χ1n) is 11.6. The first-order chi connectivity index (χ1) is 16.2. The second-order valence-electron chi connectivity index (χ2n) is 8.82. The molecule has 3 aromatic rings. The van der Waals surface area contributed by atoms with Crippen molar-refractivity contribution in [3.05, 3.63) is 74.4 Å². The van der Waals surface area contributed by atoms with Crippen LogP contribution >= 0.6 is 0 Å². The van der Waals surface area contributed by atoms with Crippen LogP contribution in [0.3, 0.4) is 0 Å². The first-order valence-corrected chi connectivity index (χ1v) is 11.6. The number of rotatable bonds is 9. The SMILES string of the molecule is Cc1cccc(NC(=O)Cn2c(=O)n(CCCCC(=O)NC(C)C)c(=O)c3ccccc32)c1C. The van der Waals surface area contributed by atoms with E-state index in [1.807, 2.05) is 45.9 Å². The average Bonchev–Trinajstić information content (AvgIpc) is 2.78. The van der Waals surface area contributed by atoms with Gasteiger partial charge in [-0.2, -0.15) is 0 Å². The van der Waals surface area contributed by atoms with Crippen molar-refractivity contribution in [2.75, 3.05) is 5.32 Å². The number of fused-ring (bicyclic) bond motifs is 1. The summed E-state index contributed by atoms with van der Waals surface area (Å²) in [6, 6.07) is 12.5. The second-order valence-corrected chi connectivity index (χ2v) is 8.82. The van der Waals surface area contributed by atoms with Gasteiger partial charge in [0.1, 0.15) is 6.54 Å². The minimum absolute atomic E-state index is 0.0543. The van der Waals surface area contributed by atoms with Gasteiger partial charge in [-0.25, -0.2) is 4.79 Å². The fourth-order valence-electron chi connectivity index (χ4n) is 3.89. The molecule has 0 saturated heterocycles. The molecule has 1 heterocycles. The third-order valence-electron chi connectivity index (χ3n) is 5.80. The number of hydrogen-bond acceptors (Lipinski definition) is 4. The van der Waals surface area contributed by atoms with E-state index in [0.29, 0.717) is 35.9 Å². The van der Waals surface area contributed by atoms with Gasteiger partial charge in [0.25, 0.3) is 5.56 Å². The Kier molecular flexibility index (Phi) is 8.04. The number of carbonyl (C=O) groups is 2. The summed E-state index contributed by atoms with van der Waals surface area (Å²) in [7, 11) is 0. The third-order valence-corrected chi connectivity index (χ3v) is 5.80. The van der Waals surface area contributed by atoms with Crippen LogP contribution < -0.4 is 21.9 Å². The van der Waals surface area contributed by atoms with Crippen molar-refractivity contribution in [1.29, 1.82) is 0 Å². The Labute approximate surface area is 198 Å². The van der Waals surface area contributed by atoms with Gasteiger partial charge in [-0.05, 0) is 69.9 Å². The lowest BCUT2D eigenvalue weighted by atomic mass is 10.1. The zero-order valence-electron chi connectivity index (χ0n) is 20.2.